The molecule has 80 valence electrons. The fourth-order valence-electron chi connectivity index (χ4n) is 5.23. The van der Waals surface area contributed by atoms with E-state index in [-0.39, 0.29) is 0 Å². The highest BCUT2D eigenvalue weighted by Gasteiger charge is 2.52. The van der Waals surface area contributed by atoms with Crippen LogP contribution in [-0.2, 0) is 0 Å². The van der Waals surface area contributed by atoms with Gasteiger partial charge in [0.25, 0.3) is 0 Å². The van der Waals surface area contributed by atoms with Crippen molar-refractivity contribution in [3.05, 3.63) is 0 Å². The Labute approximate surface area is 88.5 Å². The fraction of sp³-hybridized carbons (Fsp3) is 1.00. The van der Waals surface area contributed by atoms with Gasteiger partial charge < -0.3 is 0 Å². The Bertz CT molecular complexity index is 220. The predicted octanol–water partition coefficient (Wildman–Crippen LogP) is 4.39. The third-order valence-electron chi connectivity index (χ3n) is 5.81. The van der Waals surface area contributed by atoms with E-state index in [1.54, 1.807) is 44.9 Å². The smallest absolute Gasteiger partial charge is 0.0238 e. The summed E-state index contributed by atoms with van der Waals surface area (Å²) < 4.78 is 0. The molecule has 3 fully saturated rings. The minimum absolute atomic E-state index is 0.857. The summed E-state index contributed by atoms with van der Waals surface area (Å²) in [6.45, 7) is 2.53. The largest absolute Gasteiger partial charge is 0.0622 e. The van der Waals surface area contributed by atoms with E-state index in [0.29, 0.717) is 0 Å². The van der Waals surface area contributed by atoms with Gasteiger partial charge in [-0.15, -0.1) is 0 Å². The van der Waals surface area contributed by atoms with Crippen LogP contribution in [0.5, 0.6) is 0 Å². The molecule has 0 aliphatic heterocycles. The summed E-state index contributed by atoms with van der Waals surface area (Å²) in [4.78, 5) is 0. The lowest BCUT2D eigenvalue weighted by Crippen LogP contribution is -2.43. The molecular formula is C14H24. The zero-order valence-corrected chi connectivity index (χ0v) is 9.60. The monoisotopic (exact) mass is 192 g/mol. The summed E-state index contributed by atoms with van der Waals surface area (Å²) in [6.07, 6.45) is 14.0. The third-order valence-corrected chi connectivity index (χ3v) is 5.81. The lowest BCUT2D eigenvalue weighted by Gasteiger charge is -2.52. The first-order valence-electron chi connectivity index (χ1n) is 6.83. The lowest BCUT2D eigenvalue weighted by molar-refractivity contribution is -0.0262. The molecule has 1 spiro atoms. The maximum Gasteiger partial charge on any atom is -0.0238 e. The highest BCUT2D eigenvalue weighted by molar-refractivity contribution is 5.02. The molecule has 0 N–H and O–H groups in total. The highest BCUT2D eigenvalue weighted by atomic mass is 14.6. The van der Waals surface area contributed by atoms with E-state index in [9.17, 15) is 0 Å². The standard InChI is InChI=1S/C14H24/c1-11-7-8-12-5-4-10-14(12)9-3-2-6-13(11)14/h11-13H,2-10H2,1H3. The Balaban J connectivity index is 1.92. The van der Waals surface area contributed by atoms with Crippen molar-refractivity contribution in [3.63, 3.8) is 0 Å². The molecule has 3 rings (SSSR count). The summed E-state index contributed by atoms with van der Waals surface area (Å²) in [5.41, 5.74) is 0.857. The van der Waals surface area contributed by atoms with E-state index in [4.69, 9.17) is 0 Å². The van der Waals surface area contributed by atoms with Gasteiger partial charge in [0, 0.05) is 0 Å². The van der Waals surface area contributed by atoms with Gasteiger partial charge in [-0.1, -0.05) is 32.6 Å². The molecule has 3 saturated carbocycles. The van der Waals surface area contributed by atoms with Crippen molar-refractivity contribution < 1.29 is 0 Å². The van der Waals surface area contributed by atoms with Gasteiger partial charge in [-0.05, 0) is 55.3 Å². The van der Waals surface area contributed by atoms with Crippen molar-refractivity contribution in [3.8, 4) is 0 Å². The molecule has 0 saturated heterocycles. The SMILES string of the molecule is CC1CCC2CCCC23CCCCC13. The first-order chi connectivity index (χ1) is 6.83. The van der Waals surface area contributed by atoms with Gasteiger partial charge >= 0.3 is 0 Å². The van der Waals surface area contributed by atoms with Crippen LogP contribution >= 0.6 is 0 Å². The molecule has 3 aliphatic rings. The summed E-state index contributed by atoms with van der Waals surface area (Å²) in [5.74, 6) is 3.31. The molecule has 0 heteroatoms. The number of hydrogen-bond donors (Lipinski definition) is 0. The van der Waals surface area contributed by atoms with E-state index in [2.05, 4.69) is 6.92 Å². The second-order valence-electron chi connectivity index (χ2n) is 6.23. The summed E-state index contributed by atoms with van der Waals surface area (Å²) in [6, 6.07) is 0. The quantitative estimate of drug-likeness (QED) is 0.534. The van der Waals surface area contributed by atoms with Crippen molar-refractivity contribution in [2.75, 3.05) is 0 Å². The van der Waals surface area contributed by atoms with Gasteiger partial charge in [-0.25, -0.2) is 0 Å². The average molecular weight is 192 g/mol. The molecule has 4 unspecified atom stereocenters. The summed E-state index contributed by atoms with van der Waals surface area (Å²) >= 11 is 0. The van der Waals surface area contributed by atoms with Crippen LogP contribution in [0.3, 0.4) is 0 Å². The number of rotatable bonds is 0. The topological polar surface area (TPSA) is 0 Å². The molecule has 3 aliphatic carbocycles. The van der Waals surface area contributed by atoms with Crippen molar-refractivity contribution in [1.82, 2.24) is 0 Å². The molecule has 4 atom stereocenters. The summed E-state index contributed by atoms with van der Waals surface area (Å²) in [7, 11) is 0. The first kappa shape index (κ1) is 9.24. The lowest BCUT2D eigenvalue weighted by atomic mass is 9.53. The van der Waals surface area contributed by atoms with Crippen LogP contribution in [0.25, 0.3) is 0 Å². The van der Waals surface area contributed by atoms with Gasteiger partial charge in [-0.3, -0.25) is 0 Å². The van der Waals surface area contributed by atoms with Crippen LogP contribution in [0, 0.1) is 23.2 Å². The van der Waals surface area contributed by atoms with Crippen molar-refractivity contribution in [1.29, 1.82) is 0 Å². The minimum atomic E-state index is 0.857. The Morgan fingerprint density at radius 3 is 2.64 bits per heavy atom. The molecule has 14 heavy (non-hydrogen) atoms. The van der Waals surface area contributed by atoms with Gasteiger partial charge in [0.1, 0.15) is 0 Å². The fourth-order valence-corrected chi connectivity index (χ4v) is 5.23. The van der Waals surface area contributed by atoms with Crippen molar-refractivity contribution >= 4 is 0 Å². The van der Waals surface area contributed by atoms with Gasteiger partial charge in [0.2, 0.25) is 0 Å². The predicted molar refractivity (Wildman–Crippen MR) is 60.1 cm³/mol. The van der Waals surface area contributed by atoms with Gasteiger partial charge in [-0.2, -0.15) is 0 Å². The second-order valence-corrected chi connectivity index (χ2v) is 6.23. The maximum absolute atomic E-state index is 2.53. The number of hydrogen-bond acceptors (Lipinski definition) is 0. The zero-order chi connectivity index (χ0) is 9.60. The van der Waals surface area contributed by atoms with Gasteiger partial charge in [0.15, 0.2) is 0 Å². The first-order valence-corrected chi connectivity index (χ1v) is 6.83. The van der Waals surface area contributed by atoms with Crippen LogP contribution in [0.15, 0.2) is 0 Å². The van der Waals surface area contributed by atoms with Crippen LogP contribution in [0.1, 0.15) is 64.7 Å². The zero-order valence-electron chi connectivity index (χ0n) is 9.60. The van der Waals surface area contributed by atoms with Crippen molar-refractivity contribution in [2.24, 2.45) is 23.2 Å². The molecule has 0 bridgehead atoms. The van der Waals surface area contributed by atoms with E-state index in [0.717, 1.165) is 23.2 Å². The molecule has 0 nitrogen and oxygen atoms in total. The van der Waals surface area contributed by atoms with Crippen LogP contribution < -0.4 is 0 Å². The van der Waals surface area contributed by atoms with E-state index < -0.39 is 0 Å². The Hall–Kier alpha value is 0. The Morgan fingerprint density at radius 1 is 0.857 bits per heavy atom. The van der Waals surface area contributed by atoms with E-state index >= 15 is 0 Å². The second kappa shape index (κ2) is 3.25. The molecule has 0 heterocycles. The van der Waals surface area contributed by atoms with Crippen molar-refractivity contribution in [2.45, 2.75) is 64.7 Å². The third kappa shape index (κ3) is 1.12. The molecular weight excluding hydrogens is 168 g/mol. The average Bonchev–Trinajstić information content (AvgIpc) is 2.61. The van der Waals surface area contributed by atoms with Gasteiger partial charge in [0.05, 0.1) is 0 Å². The van der Waals surface area contributed by atoms with Crippen LogP contribution in [0.2, 0.25) is 0 Å². The summed E-state index contributed by atoms with van der Waals surface area (Å²) in [5, 5.41) is 0. The molecule has 0 aromatic heterocycles. The van der Waals surface area contributed by atoms with E-state index in [1.807, 2.05) is 0 Å². The molecule has 0 radical (unpaired) electrons. The van der Waals surface area contributed by atoms with E-state index in [1.165, 1.54) is 12.8 Å². The molecule has 0 aromatic rings. The highest BCUT2D eigenvalue weighted by Crippen LogP contribution is 2.62. The normalized spacial score (nSPS) is 52.5. The molecule has 0 aromatic carbocycles. The molecule has 0 amide bonds. The Kier molecular flexibility index (Phi) is 2.15. The van der Waals surface area contributed by atoms with Crippen LogP contribution in [0.4, 0.5) is 0 Å². The minimum Gasteiger partial charge on any atom is -0.0622 e. The maximum atomic E-state index is 2.53. The van der Waals surface area contributed by atoms with Crippen LogP contribution in [-0.4, -0.2) is 0 Å². The Morgan fingerprint density at radius 2 is 1.71 bits per heavy atom.